The molecule has 0 aliphatic heterocycles. The van der Waals surface area contributed by atoms with E-state index in [9.17, 15) is 4.79 Å². The molecule has 1 rings (SSSR count). The minimum Gasteiger partial charge on any atom is -0.385 e. The Bertz CT molecular complexity index is 584. The van der Waals surface area contributed by atoms with E-state index >= 15 is 0 Å². The number of allylic oxidation sites excluding steroid dienone is 2. The van der Waals surface area contributed by atoms with Crippen LogP contribution in [0.15, 0.2) is 35.7 Å². The summed E-state index contributed by atoms with van der Waals surface area (Å²) < 4.78 is 0. The van der Waals surface area contributed by atoms with Crippen molar-refractivity contribution in [1.29, 1.82) is 0 Å². The zero-order chi connectivity index (χ0) is 16.0. The van der Waals surface area contributed by atoms with E-state index in [1.807, 2.05) is 52.0 Å². The summed E-state index contributed by atoms with van der Waals surface area (Å²) >= 11 is 6.35. The van der Waals surface area contributed by atoms with Gasteiger partial charge in [-0.05, 0) is 49.5 Å². The average Bonchev–Trinajstić information content (AvgIpc) is 2.38. The highest BCUT2D eigenvalue weighted by molar-refractivity contribution is 6.49. The van der Waals surface area contributed by atoms with Crippen molar-refractivity contribution in [2.24, 2.45) is 5.73 Å². The number of carbonyl (C=O) groups excluding carboxylic acids is 1. The first-order valence-electron chi connectivity index (χ1n) is 7.04. The van der Waals surface area contributed by atoms with Gasteiger partial charge in [-0.15, -0.1) is 0 Å². The Morgan fingerprint density at radius 2 is 2.05 bits per heavy atom. The van der Waals surface area contributed by atoms with Gasteiger partial charge in [-0.2, -0.15) is 0 Å². The highest BCUT2D eigenvalue weighted by Crippen LogP contribution is 2.27. The molecular formula is C17H23ClN2O. The minimum absolute atomic E-state index is 0.137. The molecule has 0 fully saturated rings. The van der Waals surface area contributed by atoms with Crippen molar-refractivity contribution >= 4 is 22.5 Å². The fourth-order valence-corrected chi connectivity index (χ4v) is 2.42. The molecule has 21 heavy (non-hydrogen) atoms. The number of carbonyl (C=O) groups is 1. The molecule has 3 N–H and O–H groups in total. The molecule has 0 aliphatic carbocycles. The van der Waals surface area contributed by atoms with Gasteiger partial charge in [-0.25, -0.2) is 0 Å². The second-order valence-corrected chi connectivity index (χ2v) is 5.62. The minimum atomic E-state index is -0.137. The maximum Gasteiger partial charge on any atom is 0.229 e. The lowest BCUT2D eigenvalue weighted by molar-refractivity contribution is -0.119. The van der Waals surface area contributed by atoms with Crippen molar-refractivity contribution in [2.45, 2.75) is 40.5 Å². The molecule has 0 aromatic heterocycles. The van der Waals surface area contributed by atoms with E-state index in [-0.39, 0.29) is 12.3 Å². The summed E-state index contributed by atoms with van der Waals surface area (Å²) in [7, 11) is 0. The first kappa shape index (κ1) is 17.3. The second kappa shape index (κ2) is 7.89. The van der Waals surface area contributed by atoms with Crippen LogP contribution < -0.4 is 11.1 Å². The van der Waals surface area contributed by atoms with Crippen LogP contribution in [-0.4, -0.2) is 5.91 Å². The van der Waals surface area contributed by atoms with Crippen molar-refractivity contribution in [3.63, 3.8) is 0 Å². The molecule has 3 nitrogen and oxygen atoms in total. The number of halogens is 1. The van der Waals surface area contributed by atoms with Gasteiger partial charge in [-0.1, -0.05) is 42.8 Å². The fraction of sp³-hybridized carbons (Fsp3) is 0.353. The highest BCUT2D eigenvalue weighted by Gasteiger charge is 2.12. The van der Waals surface area contributed by atoms with Crippen LogP contribution in [0.25, 0.3) is 5.03 Å². The Labute approximate surface area is 131 Å². The number of benzene rings is 1. The maximum atomic E-state index is 12.1. The molecule has 1 amide bonds. The molecular weight excluding hydrogens is 284 g/mol. The van der Waals surface area contributed by atoms with Crippen molar-refractivity contribution in [1.82, 2.24) is 5.32 Å². The summed E-state index contributed by atoms with van der Waals surface area (Å²) in [6.45, 7) is 7.73. The molecule has 0 aliphatic rings. The molecule has 1 aromatic rings. The number of rotatable bonds is 5. The molecule has 0 saturated carbocycles. The number of aryl methyl sites for hydroxylation is 1. The number of hydrogen-bond acceptors (Lipinski definition) is 2. The van der Waals surface area contributed by atoms with Crippen molar-refractivity contribution < 1.29 is 4.79 Å². The molecule has 0 bridgehead atoms. The zero-order valence-electron chi connectivity index (χ0n) is 13.1. The average molecular weight is 307 g/mol. The van der Waals surface area contributed by atoms with Crippen LogP contribution in [0.1, 0.15) is 43.9 Å². The summed E-state index contributed by atoms with van der Waals surface area (Å²) in [5, 5.41) is 3.39. The topological polar surface area (TPSA) is 55.1 Å². The Kier molecular flexibility index (Phi) is 6.50. The number of hydrogen-bond donors (Lipinski definition) is 2. The lowest BCUT2D eigenvalue weighted by Gasteiger charge is -2.13. The predicted molar refractivity (Wildman–Crippen MR) is 89.7 cm³/mol. The van der Waals surface area contributed by atoms with Crippen LogP contribution in [0.4, 0.5) is 0 Å². The first-order chi connectivity index (χ1) is 9.86. The van der Waals surface area contributed by atoms with E-state index in [1.165, 1.54) is 0 Å². The van der Waals surface area contributed by atoms with E-state index in [2.05, 4.69) is 5.32 Å². The van der Waals surface area contributed by atoms with Gasteiger partial charge in [0.1, 0.15) is 5.82 Å². The van der Waals surface area contributed by atoms with E-state index in [0.717, 1.165) is 28.7 Å². The van der Waals surface area contributed by atoms with Gasteiger partial charge < -0.3 is 11.1 Å². The number of nitrogens with one attached hydrogen (secondary N) is 1. The summed E-state index contributed by atoms with van der Waals surface area (Å²) in [5.74, 6) is 0.269. The third-order valence-electron chi connectivity index (χ3n) is 3.15. The lowest BCUT2D eigenvalue weighted by Crippen LogP contribution is -2.29. The van der Waals surface area contributed by atoms with Crippen molar-refractivity contribution in [3.05, 3.63) is 52.4 Å². The largest absolute Gasteiger partial charge is 0.385 e. The molecule has 0 heterocycles. The van der Waals surface area contributed by atoms with Gasteiger partial charge in [0.15, 0.2) is 0 Å². The van der Waals surface area contributed by atoms with E-state index in [1.54, 1.807) is 0 Å². The Balaban J connectivity index is 3.04. The van der Waals surface area contributed by atoms with E-state index in [0.29, 0.717) is 10.9 Å². The highest BCUT2D eigenvalue weighted by atomic mass is 35.5. The van der Waals surface area contributed by atoms with Crippen molar-refractivity contribution in [3.8, 4) is 0 Å². The zero-order valence-corrected chi connectivity index (χ0v) is 13.8. The monoisotopic (exact) mass is 306 g/mol. The van der Waals surface area contributed by atoms with Gasteiger partial charge in [0.05, 0.1) is 6.42 Å². The predicted octanol–water partition coefficient (Wildman–Crippen LogP) is 3.85. The second-order valence-electron chi connectivity index (χ2n) is 5.21. The molecule has 114 valence electrons. The van der Waals surface area contributed by atoms with E-state index < -0.39 is 0 Å². The summed E-state index contributed by atoms with van der Waals surface area (Å²) in [6.07, 6.45) is 3.05. The summed E-state index contributed by atoms with van der Waals surface area (Å²) in [5.41, 5.74) is 9.55. The van der Waals surface area contributed by atoms with Crippen LogP contribution in [0, 0.1) is 6.92 Å². The maximum absolute atomic E-state index is 12.1. The lowest BCUT2D eigenvalue weighted by atomic mass is 9.98. The van der Waals surface area contributed by atoms with Crippen molar-refractivity contribution in [2.75, 3.05) is 0 Å². The molecule has 4 heteroatoms. The van der Waals surface area contributed by atoms with Gasteiger partial charge >= 0.3 is 0 Å². The van der Waals surface area contributed by atoms with Gasteiger partial charge in [-0.3, -0.25) is 4.79 Å². The van der Waals surface area contributed by atoms with Gasteiger partial charge in [0.25, 0.3) is 0 Å². The van der Waals surface area contributed by atoms with Crippen LogP contribution in [0.5, 0.6) is 0 Å². The molecule has 0 saturated heterocycles. The molecule has 1 aromatic carbocycles. The quantitative estimate of drug-likeness (QED) is 0.868. The summed E-state index contributed by atoms with van der Waals surface area (Å²) in [6, 6.07) is 5.85. The first-order valence-corrected chi connectivity index (χ1v) is 7.41. The Hall–Kier alpha value is -1.74. The van der Waals surface area contributed by atoms with Crippen LogP contribution >= 0.6 is 11.6 Å². The van der Waals surface area contributed by atoms with Gasteiger partial charge in [0.2, 0.25) is 5.91 Å². The smallest absolute Gasteiger partial charge is 0.229 e. The van der Waals surface area contributed by atoms with Crippen LogP contribution in [-0.2, 0) is 11.2 Å². The molecule has 0 radical (unpaired) electrons. The Morgan fingerprint density at radius 1 is 1.38 bits per heavy atom. The SMILES string of the molecule is CC/C=C(/Cl)c1c(C)cccc1CC(=O)NC(N)=C(C)C. The Morgan fingerprint density at radius 3 is 2.62 bits per heavy atom. The van der Waals surface area contributed by atoms with Crippen LogP contribution in [0.2, 0.25) is 0 Å². The molecule has 0 spiro atoms. The molecule has 0 atom stereocenters. The van der Waals surface area contributed by atoms with E-state index in [4.69, 9.17) is 17.3 Å². The number of amides is 1. The standard InChI is InChI=1S/C17H23ClN2O/c1-5-7-14(18)16-12(4)8-6-9-13(16)10-15(21)20-17(19)11(2)3/h6-9H,5,10,19H2,1-4H3,(H,20,21)/b14-7+. The van der Waals surface area contributed by atoms with Crippen LogP contribution in [0.3, 0.4) is 0 Å². The normalized spacial score (nSPS) is 11.2. The molecule has 0 unspecified atom stereocenters. The fourth-order valence-electron chi connectivity index (χ4n) is 1.99. The third kappa shape index (κ3) is 4.94. The number of nitrogens with two attached hydrogens (primary N) is 1. The third-order valence-corrected chi connectivity index (χ3v) is 3.49. The van der Waals surface area contributed by atoms with Gasteiger partial charge in [0, 0.05) is 5.03 Å². The summed E-state index contributed by atoms with van der Waals surface area (Å²) in [4.78, 5) is 12.1.